The van der Waals surface area contributed by atoms with E-state index in [1.54, 1.807) is 6.07 Å². The maximum absolute atomic E-state index is 13.0. The number of ketones is 3. The number of rotatable bonds is 5. The number of carbonyl (C=O) groups excluding carboxylic acids is 3. The van der Waals surface area contributed by atoms with E-state index < -0.39 is 23.3 Å². The lowest BCUT2D eigenvalue weighted by Crippen LogP contribution is -2.23. The number of phenolic OH excluding ortho intramolecular Hbond substituents is 1. The van der Waals surface area contributed by atoms with Crippen LogP contribution in [0.15, 0.2) is 24.3 Å². The molecule has 0 aromatic heterocycles. The Hall–Kier alpha value is -3.48. The molecule has 0 unspecified atom stereocenters. The minimum atomic E-state index is -1.36. The van der Waals surface area contributed by atoms with Crippen molar-refractivity contribution in [1.29, 1.82) is 0 Å². The second-order valence-electron chi connectivity index (χ2n) is 6.22. The first-order valence-corrected chi connectivity index (χ1v) is 8.15. The van der Waals surface area contributed by atoms with E-state index in [9.17, 15) is 29.4 Å². The molecule has 3 rings (SSSR count). The summed E-state index contributed by atoms with van der Waals surface area (Å²) in [4.78, 5) is 48.8. The van der Waals surface area contributed by atoms with Gasteiger partial charge in [0.05, 0.1) is 23.8 Å². The van der Waals surface area contributed by atoms with Gasteiger partial charge in [0.1, 0.15) is 17.3 Å². The third-order valence-electron chi connectivity index (χ3n) is 4.55. The number of hydrogen-bond acceptors (Lipinski definition) is 6. The molecule has 27 heavy (non-hydrogen) atoms. The van der Waals surface area contributed by atoms with Crippen LogP contribution in [0.4, 0.5) is 0 Å². The fraction of sp³-hybridized carbons (Fsp3) is 0.200. The van der Waals surface area contributed by atoms with E-state index in [-0.39, 0.29) is 57.8 Å². The quantitative estimate of drug-likeness (QED) is 0.710. The number of aromatic carboxylic acids is 1. The third kappa shape index (κ3) is 2.87. The van der Waals surface area contributed by atoms with Crippen LogP contribution < -0.4 is 4.74 Å². The summed E-state index contributed by atoms with van der Waals surface area (Å²) in [6.07, 6.45) is -0.0645. The molecule has 0 saturated heterocycles. The van der Waals surface area contributed by atoms with Crippen molar-refractivity contribution < 1.29 is 34.1 Å². The van der Waals surface area contributed by atoms with Crippen molar-refractivity contribution in [3.05, 3.63) is 57.6 Å². The van der Waals surface area contributed by atoms with Gasteiger partial charge in [0.15, 0.2) is 5.78 Å². The number of carbonyl (C=O) groups is 4. The number of benzene rings is 2. The topological polar surface area (TPSA) is 118 Å². The van der Waals surface area contributed by atoms with Crippen molar-refractivity contribution in [2.75, 3.05) is 7.11 Å². The van der Waals surface area contributed by atoms with E-state index in [2.05, 4.69) is 0 Å². The highest BCUT2D eigenvalue weighted by Crippen LogP contribution is 2.40. The highest BCUT2D eigenvalue weighted by Gasteiger charge is 2.37. The van der Waals surface area contributed by atoms with Crippen LogP contribution in [0.25, 0.3) is 0 Å². The Balaban J connectivity index is 2.29. The highest BCUT2D eigenvalue weighted by molar-refractivity contribution is 6.30. The van der Waals surface area contributed by atoms with E-state index in [0.29, 0.717) is 0 Å². The summed E-state index contributed by atoms with van der Waals surface area (Å²) in [5.41, 5.74) is -0.689. The first-order valence-electron chi connectivity index (χ1n) is 8.15. The Bertz CT molecular complexity index is 1020. The molecule has 7 heteroatoms. The molecule has 7 nitrogen and oxygen atoms in total. The molecule has 0 spiro atoms. The fourth-order valence-electron chi connectivity index (χ4n) is 3.26. The van der Waals surface area contributed by atoms with Gasteiger partial charge in [-0.1, -0.05) is 12.1 Å². The van der Waals surface area contributed by atoms with Gasteiger partial charge in [-0.15, -0.1) is 0 Å². The molecule has 0 atom stereocenters. The lowest BCUT2D eigenvalue weighted by atomic mass is 9.80. The molecule has 0 heterocycles. The Morgan fingerprint density at radius 2 is 1.78 bits per heavy atom. The summed E-state index contributed by atoms with van der Waals surface area (Å²) in [6, 6.07) is 5.61. The zero-order chi connectivity index (χ0) is 19.9. The summed E-state index contributed by atoms with van der Waals surface area (Å²) >= 11 is 0. The summed E-state index contributed by atoms with van der Waals surface area (Å²) < 4.78 is 5.16. The van der Waals surface area contributed by atoms with Gasteiger partial charge in [-0.2, -0.15) is 0 Å². The molecular formula is C20H16O7. The van der Waals surface area contributed by atoms with Crippen LogP contribution in [0.3, 0.4) is 0 Å². The predicted molar refractivity (Wildman–Crippen MR) is 93.9 cm³/mol. The van der Waals surface area contributed by atoms with Crippen molar-refractivity contribution >= 4 is 23.3 Å². The van der Waals surface area contributed by atoms with Gasteiger partial charge in [-0.25, -0.2) is 4.79 Å². The SMILES string of the molecule is COc1cccc2c1C(=O)c1c(cc(C(=O)O)c(CCC(C)=O)c1O)C2=O. The van der Waals surface area contributed by atoms with Gasteiger partial charge in [0.25, 0.3) is 0 Å². The van der Waals surface area contributed by atoms with Crippen molar-refractivity contribution in [3.8, 4) is 11.5 Å². The molecule has 1 aliphatic rings. The molecule has 138 valence electrons. The molecule has 2 aromatic carbocycles. The fourth-order valence-corrected chi connectivity index (χ4v) is 3.26. The molecule has 0 radical (unpaired) electrons. The molecule has 2 aromatic rings. The number of methoxy groups -OCH3 is 1. The van der Waals surface area contributed by atoms with Crippen LogP contribution in [0.1, 0.15) is 61.1 Å². The number of fused-ring (bicyclic) bond motifs is 2. The Morgan fingerprint density at radius 1 is 1.07 bits per heavy atom. The van der Waals surface area contributed by atoms with Crippen LogP contribution in [0, 0.1) is 0 Å². The summed E-state index contributed by atoms with van der Waals surface area (Å²) in [5.74, 6) is -3.16. The lowest BCUT2D eigenvalue weighted by molar-refractivity contribution is -0.117. The first kappa shape index (κ1) is 18.3. The number of ether oxygens (including phenoxy) is 1. The maximum Gasteiger partial charge on any atom is 0.336 e. The van der Waals surface area contributed by atoms with E-state index >= 15 is 0 Å². The number of hydrogen-bond donors (Lipinski definition) is 2. The minimum absolute atomic E-state index is 0.00529. The molecule has 1 aliphatic carbocycles. The van der Waals surface area contributed by atoms with E-state index in [4.69, 9.17) is 4.74 Å². The predicted octanol–water partition coefficient (Wildman–Crippen LogP) is 2.40. The Labute approximate surface area is 154 Å². The maximum atomic E-state index is 13.0. The average Bonchev–Trinajstić information content (AvgIpc) is 2.63. The normalized spacial score (nSPS) is 12.4. The van der Waals surface area contributed by atoms with Crippen molar-refractivity contribution in [2.24, 2.45) is 0 Å². The molecule has 0 fully saturated rings. The largest absolute Gasteiger partial charge is 0.507 e. The number of carboxylic acids is 1. The second kappa shape index (κ2) is 6.68. The van der Waals surface area contributed by atoms with E-state index in [1.165, 1.54) is 26.2 Å². The summed E-state index contributed by atoms with van der Waals surface area (Å²) in [6.45, 7) is 1.34. The van der Waals surface area contributed by atoms with Crippen LogP contribution in [-0.2, 0) is 11.2 Å². The highest BCUT2D eigenvalue weighted by atomic mass is 16.5. The summed E-state index contributed by atoms with van der Waals surface area (Å²) in [7, 11) is 1.36. The van der Waals surface area contributed by atoms with Crippen molar-refractivity contribution in [3.63, 3.8) is 0 Å². The molecule has 2 N–H and O–H groups in total. The number of Topliss-reactive ketones (excluding diaryl/α,β-unsaturated/α-hetero) is 1. The number of aromatic hydroxyl groups is 1. The zero-order valence-electron chi connectivity index (χ0n) is 14.7. The van der Waals surface area contributed by atoms with Crippen LogP contribution in [0.2, 0.25) is 0 Å². The molecule has 0 saturated carbocycles. The Kier molecular flexibility index (Phi) is 4.53. The second-order valence-corrected chi connectivity index (χ2v) is 6.22. The van der Waals surface area contributed by atoms with Gasteiger partial charge < -0.3 is 19.7 Å². The van der Waals surface area contributed by atoms with Crippen molar-refractivity contribution in [1.82, 2.24) is 0 Å². The van der Waals surface area contributed by atoms with Gasteiger partial charge >= 0.3 is 5.97 Å². The van der Waals surface area contributed by atoms with Crippen LogP contribution >= 0.6 is 0 Å². The van der Waals surface area contributed by atoms with Gasteiger partial charge in [-0.05, 0) is 25.5 Å². The van der Waals surface area contributed by atoms with E-state index in [1.807, 2.05) is 0 Å². The van der Waals surface area contributed by atoms with Gasteiger partial charge in [0.2, 0.25) is 5.78 Å². The number of carboxylic acid groups (broad SMARTS) is 1. The molecule has 0 aliphatic heterocycles. The van der Waals surface area contributed by atoms with E-state index in [0.717, 1.165) is 6.07 Å². The van der Waals surface area contributed by atoms with Crippen molar-refractivity contribution in [2.45, 2.75) is 19.8 Å². The van der Waals surface area contributed by atoms with Gasteiger partial charge in [-0.3, -0.25) is 9.59 Å². The van der Waals surface area contributed by atoms with Crippen LogP contribution in [0.5, 0.6) is 11.5 Å². The molecule has 0 amide bonds. The monoisotopic (exact) mass is 368 g/mol. The molecular weight excluding hydrogens is 352 g/mol. The lowest BCUT2D eigenvalue weighted by Gasteiger charge is -2.22. The van der Waals surface area contributed by atoms with Gasteiger partial charge in [0, 0.05) is 23.1 Å². The smallest absolute Gasteiger partial charge is 0.336 e. The van der Waals surface area contributed by atoms with Crippen LogP contribution in [-0.4, -0.2) is 40.6 Å². The summed E-state index contributed by atoms with van der Waals surface area (Å²) in [5, 5.41) is 20.1. The first-order chi connectivity index (χ1) is 12.8. The molecule has 0 bridgehead atoms. The average molecular weight is 368 g/mol. The minimum Gasteiger partial charge on any atom is -0.507 e. The Morgan fingerprint density at radius 3 is 2.37 bits per heavy atom. The third-order valence-corrected chi connectivity index (χ3v) is 4.55. The number of phenols is 1. The zero-order valence-corrected chi connectivity index (χ0v) is 14.7. The standard InChI is InChI=1S/C20H16O7/c1-9(21)6-7-10-12(20(25)26)8-13-16(18(10)23)19(24)15-11(17(13)22)4-3-5-14(15)27-2/h3-5,8,23H,6-7H2,1-2H3,(H,25,26).